The van der Waals surface area contributed by atoms with Gasteiger partial charge in [0.15, 0.2) is 5.69 Å². The highest BCUT2D eigenvalue weighted by Gasteiger charge is 2.24. The van der Waals surface area contributed by atoms with E-state index in [-0.39, 0.29) is 24.1 Å². The number of carbonyl (C=O) groups is 1. The molecule has 1 aromatic heterocycles. The number of benzene rings is 1. The van der Waals surface area contributed by atoms with Gasteiger partial charge in [-0.2, -0.15) is 0 Å². The first-order chi connectivity index (χ1) is 11.1. The predicted molar refractivity (Wildman–Crippen MR) is 82.0 cm³/mol. The zero-order valence-corrected chi connectivity index (χ0v) is 13.2. The summed E-state index contributed by atoms with van der Waals surface area (Å²) in [6.45, 7) is 1.50. The Morgan fingerprint density at radius 3 is 2.87 bits per heavy atom. The van der Waals surface area contributed by atoms with Crippen LogP contribution in [0.25, 0.3) is 0 Å². The third kappa shape index (κ3) is 3.89. The number of amides is 1. The lowest BCUT2D eigenvalue weighted by Gasteiger charge is -2.33. The van der Waals surface area contributed by atoms with Gasteiger partial charge in [0.05, 0.1) is 0 Å². The molecule has 3 rings (SSSR count). The predicted octanol–water partition coefficient (Wildman–Crippen LogP) is 2.21. The van der Waals surface area contributed by atoms with Gasteiger partial charge in [0, 0.05) is 30.1 Å². The van der Waals surface area contributed by atoms with Crippen LogP contribution < -0.4 is 5.32 Å². The van der Waals surface area contributed by atoms with E-state index in [9.17, 15) is 13.6 Å². The fourth-order valence-corrected chi connectivity index (χ4v) is 3.18. The van der Waals surface area contributed by atoms with Crippen LogP contribution in [0, 0.1) is 11.6 Å². The third-order valence-electron chi connectivity index (χ3n) is 3.88. The Bertz CT molecular complexity index is 660. The summed E-state index contributed by atoms with van der Waals surface area (Å²) >= 11 is 1.12. The molecule has 0 radical (unpaired) electrons. The SMILES string of the molecule is O=C(N[C@H]1CCCN(Cc2c(F)cccc2F)C1)c1csnn1. The number of aromatic nitrogens is 2. The van der Waals surface area contributed by atoms with Crippen molar-refractivity contribution >= 4 is 17.4 Å². The van der Waals surface area contributed by atoms with Crippen LogP contribution in [0.5, 0.6) is 0 Å². The van der Waals surface area contributed by atoms with Gasteiger partial charge in [-0.05, 0) is 43.1 Å². The van der Waals surface area contributed by atoms with Crippen LogP contribution in [-0.2, 0) is 6.54 Å². The lowest BCUT2D eigenvalue weighted by Crippen LogP contribution is -2.47. The van der Waals surface area contributed by atoms with Crippen LogP contribution in [0.2, 0.25) is 0 Å². The van der Waals surface area contributed by atoms with Crippen molar-refractivity contribution < 1.29 is 13.6 Å². The number of hydrogen-bond donors (Lipinski definition) is 1. The van der Waals surface area contributed by atoms with E-state index in [1.165, 1.54) is 18.2 Å². The Labute approximate surface area is 136 Å². The van der Waals surface area contributed by atoms with Crippen molar-refractivity contribution in [3.05, 3.63) is 46.5 Å². The molecular formula is C15H16F2N4OS. The quantitative estimate of drug-likeness (QED) is 0.929. The molecule has 5 nitrogen and oxygen atoms in total. The molecule has 122 valence electrons. The second kappa shape index (κ2) is 7.10. The number of nitrogens with one attached hydrogen (secondary N) is 1. The molecular weight excluding hydrogens is 322 g/mol. The molecule has 1 amide bonds. The van der Waals surface area contributed by atoms with Gasteiger partial charge in [-0.25, -0.2) is 8.78 Å². The number of rotatable bonds is 4. The monoisotopic (exact) mass is 338 g/mol. The average molecular weight is 338 g/mol. The van der Waals surface area contributed by atoms with E-state index in [4.69, 9.17) is 0 Å². The zero-order valence-electron chi connectivity index (χ0n) is 12.3. The van der Waals surface area contributed by atoms with Crippen LogP contribution >= 0.6 is 11.5 Å². The number of piperidine rings is 1. The third-order valence-corrected chi connectivity index (χ3v) is 4.38. The molecule has 1 fully saturated rings. The minimum Gasteiger partial charge on any atom is -0.347 e. The largest absolute Gasteiger partial charge is 0.347 e. The van der Waals surface area contributed by atoms with E-state index in [2.05, 4.69) is 14.9 Å². The van der Waals surface area contributed by atoms with E-state index >= 15 is 0 Å². The smallest absolute Gasteiger partial charge is 0.272 e. The Hall–Kier alpha value is -1.93. The van der Waals surface area contributed by atoms with Crippen LogP contribution in [0.4, 0.5) is 8.78 Å². The molecule has 0 unspecified atom stereocenters. The molecule has 23 heavy (non-hydrogen) atoms. The Kier molecular flexibility index (Phi) is 4.92. The maximum Gasteiger partial charge on any atom is 0.272 e. The van der Waals surface area contributed by atoms with E-state index < -0.39 is 11.6 Å². The highest BCUT2D eigenvalue weighted by Crippen LogP contribution is 2.18. The van der Waals surface area contributed by atoms with Crippen molar-refractivity contribution in [2.75, 3.05) is 13.1 Å². The number of nitrogens with zero attached hydrogens (tertiary/aromatic N) is 3. The molecule has 2 heterocycles. The van der Waals surface area contributed by atoms with Gasteiger partial charge < -0.3 is 5.32 Å². The number of carbonyl (C=O) groups excluding carboxylic acids is 1. The van der Waals surface area contributed by atoms with E-state index in [1.54, 1.807) is 5.38 Å². The number of halogens is 2. The van der Waals surface area contributed by atoms with Gasteiger partial charge in [0.25, 0.3) is 5.91 Å². The second-order valence-corrected chi connectivity index (χ2v) is 6.15. The lowest BCUT2D eigenvalue weighted by molar-refractivity contribution is 0.0894. The van der Waals surface area contributed by atoms with Crippen molar-refractivity contribution in [3.63, 3.8) is 0 Å². The summed E-state index contributed by atoms with van der Waals surface area (Å²) in [4.78, 5) is 14.0. The van der Waals surface area contributed by atoms with Crippen LogP contribution in [0.15, 0.2) is 23.6 Å². The van der Waals surface area contributed by atoms with Gasteiger partial charge in [0.2, 0.25) is 0 Å². The summed E-state index contributed by atoms with van der Waals surface area (Å²) in [5, 5.41) is 8.23. The van der Waals surface area contributed by atoms with Gasteiger partial charge in [-0.15, -0.1) is 5.10 Å². The maximum absolute atomic E-state index is 13.7. The molecule has 1 saturated heterocycles. The van der Waals surface area contributed by atoms with Crippen molar-refractivity contribution in [1.82, 2.24) is 19.8 Å². The summed E-state index contributed by atoms with van der Waals surface area (Å²) in [6, 6.07) is 3.82. The van der Waals surface area contributed by atoms with Gasteiger partial charge in [0.1, 0.15) is 11.6 Å². The summed E-state index contributed by atoms with van der Waals surface area (Å²) in [5.74, 6) is -1.34. The molecule has 8 heteroatoms. The van der Waals surface area contributed by atoms with E-state index in [0.29, 0.717) is 12.2 Å². The van der Waals surface area contributed by atoms with Crippen LogP contribution in [-0.4, -0.2) is 39.5 Å². The second-order valence-electron chi connectivity index (χ2n) is 5.54. The molecule has 0 bridgehead atoms. The average Bonchev–Trinajstić information content (AvgIpc) is 3.06. The molecule has 1 aromatic carbocycles. The van der Waals surface area contributed by atoms with Gasteiger partial charge in [-0.1, -0.05) is 10.6 Å². The molecule has 0 aliphatic carbocycles. The van der Waals surface area contributed by atoms with Gasteiger partial charge in [-0.3, -0.25) is 9.69 Å². The fraction of sp³-hybridized carbons (Fsp3) is 0.400. The standard InChI is InChI=1S/C15H16F2N4OS/c16-12-4-1-5-13(17)11(12)8-21-6-2-3-10(7-21)18-15(22)14-9-23-20-19-14/h1,4-5,9-10H,2-3,6-8H2,(H,18,22)/t10-/m0/s1. The lowest BCUT2D eigenvalue weighted by atomic mass is 10.0. The summed E-state index contributed by atoms with van der Waals surface area (Å²) in [7, 11) is 0. The molecule has 0 saturated carbocycles. The number of hydrogen-bond acceptors (Lipinski definition) is 5. The Morgan fingerprint density at radius 2 is 2.17 bits per heavy atom. The number of likely N-dealkylation sites (tertiary alicyclic amines) is 1. The highest BCUT2D eigenvalue weighted by molar-refractivity contribution is 7.03. The Morgan fingerprint density at radius 1 is 1.39 bits per heavy atom. The molecule has 1 N–H and O–H groups in total. The first-order valence-electron chi connectivity index (χ1n) is 7.36. The molecule has 1 aliphatic heterocycles. The van der Waals surface area contributed by atoms with Crippen molar-refractivity contribution in [2.24, 2.45) is 0 Å². The molecule has 1 aliphatic rings. The van der Waals surface area contributed by atoms with Crippen molar-refractivity contribution in [3.8, 4) is 0 Å². The fourth-order valence-electron chi connectivity index (χ4n) is 2.75. The van der Waals surface area contributed by atoms with Crippen LogP contribution in [0.1, 0.15) is 28.9 Å². The molecule has 2 aromatic rings. The normalized spacial score (nSPS) is 18.8. The maximum atomic E-state index is 13.7. The minimum absolute atomic E-state index is 0.0622. The zero-order chi connectivity index (χ0) is 16.2. The molecule has 0 spiro atoms. The van der Waals surface area contributed by atoms with Crippen molar-refractivity contribution in [1.29, 1.82) is 0 Å². The topological polar surface area (TPSA) is 58.1 Å². The highest BCUT2D eigenvalue weighted by atomic mass is 32.1. The summed E-state index contributed by atoms with van der Waals surface area (Å²) < 4.78 is 31.2. The van der Waals surface area contributed by atoms with Crippen molar-refractivity contribution in [2.45, 2.75) is 25.4 Å². The van der Waals surface area contributed by atoms with E-state index in [1.807, 2.05) is 4.90 Å². The summed E-state index contributed by atoms with van der Waals surface area (Å²) in [5.41, 5.74) is 0.371. The van der Waals surface area contributed by atoms with E-state index in [0.717, 1.165) is 30.9 Å². The summed E-state index contributed by atoms with van der Waals surface area (Å²) in [6.07, 6.45) is 1.69. The Balaban J connectivity index is 1.61. The molecule has 1 atom stereocenters. The van der Waals surface area contributed by atoms with Crippen LogP contribution in [0.3, 0.4) is 0 Å². The first kappa shape index (κ1) is 15.9. The first-order valence-corrected chi connectivity index (χ1v) is 8.20. The minimum atomic E-state index is -0.537. The van der Waals surface area contributed by atoms with Gasteiger partial charge >= 0.3 is 0 Å².